The van der Waals surface area contributed by atoms with Crippen molar-refractivity contribution < 1.29 is 22.3 Å². The Morgan fingerprint density at radius 1 is 1.20 bits per heavy atom. The van der Waals surface area contributed by atoms with E-state index in [1.807, 2.05) is 13.0 Å². The zero-order chi connectivity index (χ0) is 25.5. The Bertz CT molecular complexity index is 1570. The number of aryl methyl sites for hydroxylation is 1. The summed E-state index contributed by atoms with van der Waals surface area (Å²) in [5.41, 5.74) is 1.85. The minimum absolute atomic E-state index is 0.183. The highest BCUT2D eigenvalue weighted by molar-refractivity contribution is 7.89. The Labute approximate surface area is 214 Å². The molecule has 4 rings (SSSR count). The summed E-state index contributed by atoms with van der Waals surface area (Å²) in [6, 6.07) is 9.45. The standard InChI is InChI=1S/C23H18Cl2FN3O4S2/c1-11-6-16(21(30)29-35(3,31)32)18(26)9-15(11)13-7-17(25)22(27-10-13)33-12(2)23-28-19-8-14(24)4-5-20(19)34-23/h4-10,12H,1-3H3,(H,29,30)/t12-/m1/s1. The third kappa shape index (κ3) is 5.72. The van der Waals surface area contributed by atoms with Gasteiger partial charge in [-0.25, -0.2) is 27.5 Å². The fourth-order valence-corrected chi connectivity index (χ4v) is 5.11. The number of nitrogens with one attached hydrogen (secondary N) is 1. The molecule has 2 aromatic carbocycles. The van der Waals surface area contributed by atoms with Crippen LogP contribution in [0.3, 0.4) is 0 Å². The number of hydrogen-bond donors (Lipinski definition) is 1. The lowest BCUT2D eigenvalue weighted by atomic mass is 9.99. The van der Waals surface area contributed by atoms with Crippen LogP contribution in [0.5, 0.6) is 5.88 Å². The number of halogens is 3. The number of pyridine rings is 1. The maximum absolute atomic E-state index is 14.6. The predicted molar refractivity (Wildman–Crippen MR) is 135 cm³/mol. The van der Waals surface area contributed by atoms with Gasteiger partial charge in [0.2, 0.25) is 15.9 Å². The summed E-state index contributed by atoms with van der Waals surface area (Å²) in [5.74, 6) is -1.75. The average Bonchev–Trinajstić information content (AvgIpc) is 3.18. The lowest BCUT2D eigenvalue weighted by Gasteiger charge is -2.14. The second-order valence-corrected chi connectivity index (χ2v) is 11.4. The van der Waals surface area contributed by atoms with Crippen LogP contribution in [-0.2, 0) is 10.0 Å². The van der Waals surface area contributed by atoms with Crippen LogP contribution < -0.4 is 9.46 Å². The smallest absolute Gasteiger partial charge is 0.267 e. The Morgan fingerprint density at radius 3 is 2.63 bits per heavy atom. The number of carbonyl (C=O) groups excluding carboxylic acids is 1. The van der Waals surface area contributed by atoms with Gasteiger partial charge in [0.15, 0.2) is 0 Å². The van der Waals surface area contributed by atoms with Gasteiger partial charge in [0.1, 0.15) is 22.0 Å². The van der Waals surface area contributed by atoms with Crippen LogP contribution in [0, 0.1) is 12.7 Å². The molecule has 4 aromatic rings. The van der Waals surface area contributed by atoms with E-state index in [0.717, 1.165) is 27.5 Å². The Kier molecular flexibility index (Phi) is 7.01. The maximum Gasteiger partial charge on any atom is 0.267 e. The molecule has 0 radical (unpaired) electrons. The number of amides is 1. The Morgan fingerprint density at radius 2 is 1.94 bits per heavy atom. The van der Waals surface area contributed by atoms with E-state index in [0.29, 0.717) is 21.7 Å². The van der Waals surface area contributed by atoms with E-state index in [2.05, 4.69) is 9.97 Å². The van der Waals surface area contributed by atoms with E-state index in [9.17, 15) is 17.6 Å². The molecule has 1 atom stereocenters. The predicted octanol–water partition coefficient (Wildman–Crippen LogP) is 5.94. The number of thiazole rings is 1. The number of aromatic nitrogens is 2. The number of ether oxygens (including phenoxy) is 1. The van der Waals surface area contributed by atoms with E-state index < -0.39 is 27.9 Å². The van der Waals surface area contributed by atoms with E-state index in [1.54, 1.807) is 29.8 Å². The van der Waals surface area contributed by atoms with Gasteiger partial charge in [0.25, 0.3) is 5.91 Å². The molecule has 0 aliphatic heterocycles. The lowest BCUT2D eigenvalue weighted by Crippen LogP contribution is -2.30. The van der Waals surface area contributed by atoms with Gasteiger partial charge in [-0.3, -0.25) is 4.79 Å². The number of sulfonamides is 1. The summed E-state index contributed by atoms with van der Waals surface area (Å²) in [5, 5.41) is 1.53. The van der Waals surface area contributed by atoms with Crippen molar-refractivity contribution in [3.8, 4) is 17.0 Å². The van der Waals surface area contributed by atoms with Gasteiger partial charge in [0.05, 0.1) is 22.0 Å². The van der Waals surface area contributed by atoms with E-state index in [-0.39, 0.29) is 16.5 Å². The van der Waals surface area contributed by atoms with Crippen molar-refractivity contribution in [3.05, 3.63) is 74.6 Å². The molecular formula is C23H18Cl2FN3O4S2. The van der Waals surface area contributed by atoms with E-state index >= 15 is 0 Å². The molecule has 1 amide bonds. The van der Waals surface area contributed by atoms with Crippen molar-refractivity contribution >= 4 is 60.7 Å². The minimum Gasteiger partial charge on any atom is -0.466 e. The van der Waals surface area contributed by atoms with E-state index in [4.69, 9.17) is 27.9 Å². The molecule has 0 saturated carbocycles. The SMILES string of the molecule is Cc1cc(C(=O)NS(C)(=O)=O)c(F)cc1-c1cnc(O[C@H](C)c2nc3cc(Cl)ccc3s2)c(Cl)c1. The summed E-state index contributed by atoms with van der Waals surface area (Å²) < 4.78 is 45.9. The van der Waals surface area contributed by atoms with Gasteiger partial charge in [-0.1, -0.05) is 23.2 Å². The summed E-state index contributed by atoms with van der Waals surface area (Å²) >= 11 is 13.9. The van der Waals surface area contributed by atoms with Crippen LogP contribution >= 0.6 is 34.5 Å². The van der Waals surface area contributed by atoms with E-state index in [1.165, 1.54) is 23.6 Å². The summed E-state index contributed by atoms with van der Waals surface area (Å²) in [6.07, 6.45) is 1.85. The van der Waals surface area contributed by atoms with Gasteiger partial charge in [-0.2, -0.15) is 0 Å². The van der Waals surface area contributed by atoms with Crippen LogP contribution in [0.2, 0.25) is 10.0 Å². The third-order valence-corrected chi connectivity index (χ3v) is 7.22. The molecule has 7 nitrogen and oxygen atoms in total. The number of nitrogens with zero attached hydrogens (tertiary/aromatic N) is 2. The quantitative estimate of drug-likeness (QED) is 0.317. The zero-order valence-electron chi connectivity index (χ0n) is 18.6. The molecule has 0 spiro atoms. The molecule has 0 fully saturated rings. The molecular weight excluding hydrogens is 536 g/mol. The number of carbonyl (C=O) groups is 1. The normalized spacial score (nSPS) is 12.5. The fraction of sp³-hybridized carbons (Fsp3) is 0.174. The molecule has 12 heteroatoms. The van der Waals surface area contributed by atoms with Crippen LogP contribution in [-0.4, -0.2) is 30.5 Å². The molecule has 2 aromatic heterocycles. The van der Waals surface area contributed by atoms with Crippen molar-refractivity contribution in [1.82, 2.24) is 14.7 Å². The van der Waals surface area contributed by atoms with Gasteiger partial charge < -0.3 is 4.74 Å². The first-order chi connectivity index (χ1) is 16.4. The van der Waals surface area contributed by atoms with Crippen molar-refractivity contribution in [2.45, 2.75) is 20.0 Å². The topological polar surface area (TPSA) is 98.2 Å². The first-order valence-electron chi connectivity index (χ1n) is 10.1. The summed E-state index contributed by atoms with van der Waals surface area (Å²) in [7, 11) is -3.83. The largest absolute Gasteiger partial charge is 0.466 e. The number of benzene rings is 2. The molecule has 0 saturated heterocycles. The number of fused-ring (bicyclic) bond motifs is 1. The number of rotatable bonds is 6. The summed E-state index contributed by atoms with van der Waals surface area (Å²) in [4.78, 5) is 20.9. The van der Waals surface area contributed by atoms with Crippen LogP contribution in [0.4, 0.5) is 4.39 Å². The van der Waals surface area contributed by atoms with Crippen LogP contribution in [0.15, 0.2) is 42.6 Å². The van der Waals surface area contributed by atoms with Gasteiger partial charge in [-0.15, -0.1) is 11.3 Å². The van der Waals surface area contributed by atoms with Gasteiger partial charge in [-0.05, 0) is 61.4 Å². The molecule has 35 heavy (non-hydrogen) atoms. The molecule has 2 heterocycles. The number of hydrogen-bond acceptors (Lipinski definition) is 7. The highest BCUT2D eigenvalue weighted by Crippen LogP contribution is 2.35. The summed E-state index contributed by atoms with van der Waals surface area (Å²) in [6.45, 7) is 3.48. The molecule has 182 valence electrons. The van der Waals surface area contributed by atoms with Crippen molar-refractivity contribution in [3.63, 3.8) is 0 Å². The Balaban J connectivity index is 1.57. The van der Waals surface area contributed by atoms with Gasteiger partial charge >= 0.3 is 0 Å². The zero-order valence-corrected chi connectivity index (χ0v) is 21.7. The van der Waals surface area contributed by atoms with Crippen LogP contribution in [0.25, 0.3) is 21.3 Å². The fourth-order valence-electron chi connectivity index (χ4n) is 3.36. The average molecular weight is 554 g/mol. The lowest BCUT2D eigenvalue weighted by molar-refractivity contribution is 0.0977. The second kappa shape index (κ2) is 9.69. The molecule has 0 aliphatic rings. The third-order valence-electron chi connectivity index (χ3n) is 4.96. The highest BCUT2D eigenvalue weighted by atomic mass is 35.5. The van der Waals surface area contributed by atoms with Crippen LogP contribution in [0.1, 0.15) is 34.0 Å². The van der Waals surface area contributed by atoms with Crippen molar-refractivity contribution in [2.24, 2.45) is 0 Å². The van der Waals surface area contributed by atoms with Crippen molar-refractivity contribution in [2.75, 3.05) is 6.26 Å². The Hall–Kier alpha value is -2.79. The highest BCUT2D eigenvalue weighted by Gasteiger charge is 2.20. The van der Waals surface area contributed by atoms with Gasteiger partial charge in [0, 0.05) is 16.8 Å². The molecule has 0 bridgehead atoms. The van der Waals surface area contributed by atoms with Crippen molar-refractivity contribution in [1.29, 1.82) is 0 Å². The first-order valence-corrected chi connectivity index (χ1v) is 13.6. The minimum atomic E-state index is -3.83. The molecule has 1 N–H and O–H groups in total. The maximum atomic E-state index is 14.6. The first kappa shape index (κ1) is 25.3. The molecule has 0 aliphatic carbocycles. The second-order valence-electron chi connectivity index (χ2n) is 7.79. The monoisotopic (exact) mass is 553 g/mol. The molecule has 0 unspecified atom stereocenters.